The lowest BCUT2D eigenvalue weighted by atomic mass is 10.1. The number of esters is 1. The van der Waals surface area contributed by atoms with Crippen LogP contribution >= 0.6 is 0 Å². The smallest absolute Gasteiger partial charge is 0.339 e. The number of nitrogens with one attached hydrogen (secondary N) is 2. The van der Waals surface area contributed by atoms with Gasteiger partial charge < -0.3 is 15.0 Å². The topological polar surface area (TPSA) is 84.1 Å². The highest BCUT2D eigenvalue weighted by Gasteiger charge is 2.22. The molecule has 0 radical (unpaired) electrons. The zero-order valence-electron chi connectivity index (χ0n) is 17.9. The molecule has 0 fully saturated rings. The summed E-state index contributed by atoms with van der Waals surface area (Å²) in [6, 6.07) is 28.1. The summed E-state index contributed by atoms with van der Waals surface area (Å²) in [7, 11) is 0. The van der Waals surface area contributed by atoms with Crippen molar-refractivity contribution in [1.82, 2.24) is 9.97 Å². The van der Waals surface area contributed by atoms with Crippen LogP contribution in [0.4, 0.5) is 5.69 Å². The van der Waals surface area contributed by atoms with E-state index >= 15 is 0 Å². The normalized spacial score (nSPS) is 11.9. The molecule has 1 atom stereocenters. The monoisotopic (exact) mass is 435 g/mol. The molecular weight excluding hydrogens is 414 g/mol. The second-order valence-corrected chi connectivity index (χ2v) is 7.71. The fourth-order valence-electron chi connectivity index (χ4n) is 3.79. The Labute approximate surface area is 190 Å². The lowest BCUT2D eigenvalue weighted by Crippen LogP contribution is -2.30. The summed E-state index contributed by atoms with van der Waals surface area (Å²) in [5.41, 5.74) is 3.29. The molecule has 5 rings (SSSR count). The van der Waals surface area contributed by atoms with E-state index in [1.165, 1.54) is 0 Å². The molecule has 0 aliphatic rings. The van der Waals surface area contributed by atoms with Crippen molar-refractivity contribution in [3.05, 3.63) is 96.6 Å². The summed E-state index contributed by atoms with van der Waals surface area (Å²) in [5, 5.41) is 4.80. The molecule has 0 spiro atoms. The summed E-state index contributed by atoms with van der Waals surface area (Å²) in [5.74, 6) is -0.427. The molecule has 6 heteroatoms. The summed E-state index contributed by atoms with van der Waals surface area (Å²) in [4.78, 5) is 33.6. The Hall–Kier alpha value is -4.45. The first-order valence-corrected chi connectivity index (χ1v) is 10.6. The second kappa shape index (κ2) is 8.59. The molecule has 33 heavy (non-hydrogen) atoms. The third-order valence-electron chi connectivity index (χ3n) is 5.49. The van der Waals surface area contributed by atoms with E-state index in [2.05, 4.69) is 15.3 Å². The minimum absolute atomic E-state index is 0.335. The number of ether oxygens (including phenoxy) is 1. The molecule has 0 saturated carbocycles. The van der Waals surface area contributed by atoms with Crippen LogP contribution in [0, 0.1) is 0 Å². The number of fused-ring (bicyclic) bond motifs is 2. The Kier molecular flexibility index (Phi) is 5.32. The molecule has 6 nitrogen and oxygen atoms in total. The number of benzene rings is 4. The molecule has 1 unspecified atom stereocenters. The van der Waals surface area contributed by atoms with Crippen molar-refractivity contribution in [2.75, 3.05) is 5.32 Å². The highest BCUT2D eigenvalue weighted by molar-refractivity contribution is 6.05. The Bertz CT molecular complexity index is 1450. The molecule has 4 aromatic carbocycles. The van der Waals surface area contributed by atoms with E-state index < -0.39 is 18.0 Å². The third-order valence-corrected chi connectivity index (χ3v) is 5.49. The largest absolute Gasteiger partial charge is 0.449 e. The fraction of sp³-hybridized carbons (Fsp3) is 0.0741. The maximum absolute atomic E-state index is 13.0. The van der Waals surface area contributed by atoms with Gasteiger partial charge in [-0.05, 0) is 36.6 Å². The van der Waals surface area contributed by atoms with Gasteiger partial charge in [-0.2, -0.15) is 0 Å². The van der Waals surface area contributed by atoms with Crippen molar-refractivity contribution in [3.8, 4) is 11.4 Å². The van der Waals surface area contributed by atoms with Crippen molar-refractivity contribution in [2.24, 2.45) is 0 Å². The first-order valence-electron chi connectivity index (χ1n) is 10.6. The Morgan fingerprint density at radius 3 is 2.48 bits per heavy atom. The Morgan fingerprint density at radius 1 is 0.879 bits per heavy atom. The van der Waals surface area contributed by atoms with E-state index in [9.17, 15) is 9.59 Å². The van der Waals surface area contributed by atoms with Crippen LogP contribution in [0.3, 0.4) is 0 Å². The summed E-state index contributed by atoms with van der Waals surface area (Å²) in [6.45, 7) is 1.56. The molecule has 2 N–H and O–H groups in total. The quantitative estimate of drug-likeness (QED) is 0.354. The summed E-state index contributed by atoms with van der Waals surface area (Å²) in [6.07, 6.45) is -0.986. The van der Waals surface area contributed by atoms with Gasteiger partial charge in [-0.3, -0.25) is 4.79 Å². The van der Waals surface area contributed by atoms with Gasteiger partial charge >= 0.3 is 5.97 Å². The second-order valence-electron chi connectivity index (χ2n) is 7.71. The van der Waals surface area contributed by atoms with Gasteiger partial charge in [-0.1, -0.05) is 66.7 Å². The number of rotatable bonds is 5. The molecule has 0 saturated heterocycles. The van der Waals surface area contributed by atoms with Crippen LogP contribution in [0.25, 0.3) is 33.2 Å². The third kappa shape index (κ3) is 4.06. The number of para-hydroxylation sites is 2. The average Bonchev–Trinajstić information content (AvgIpc) is 3.28. The van der Waals surface area contributed by atoms with Crippen LogP contribution in [-0.4, -0.2) is 27.9 Å². The van der Waals surface area contributed by atoms with Crippen LogP contribution < -0.4 is 5.32 Å². The van der Waals surface area contributed by atoms with Crippen molar-refractivity contribution in [2.45, 2.75) is 13.0 Å². The molecule has 0 aliphatic heterocycles. The number of carbonyl (C=O) groups is 2. The summed E-state index contributed by atoms with van der Waals surface area (Å²) < 4.78 is 5.53. The number of amides is 1. The van der Waals surface area contributed by atoms with Crippen LogP contribution in [0.2, 0.25) is 0 Å². The molecule has 0 aliphatic carbocycles. The lowest BCUT2D eigenvalue weighted by Gasteiger charge is -2.15. The number of H-pyrrole nitrogens is 1. The van der Waals surface area contributed by atoms with Gasteiger partial charge in [0.05, 0.1) is 16.6 Å². The minimum Gasteiger partial charge on any atom is -0.449 e. The van der Waals surface area contributed by atoms with Crippen LogP contribution in [0.15, 0.2) is 91.0 Å². The molecule has 1 heterocycles. The van der Waals surface area contributed by atoms with Crippen molar-refractivity contribution >= 4 is 39.4 Å². The number of nitrogens with zero attached hydrogens (tertiary/aromatic N) is 1. The van der Waals surface area contributed by atoms with E-state index in [4.69, 9.17) is 4.74 Å². The minimum atomic E-state index is -0.986. The van der Waals surface area contributed by atoms with Gasteiger partial charge in [-0.25, -0.2) is 9.78 Å². The maximum atomic E-state index is 13.0. The number of imidazole rings is 1. The average molecular weight is 435 g/mol. The fourth-order valence-corrected chi connectivity index (χ4v) is 3.79. The van der Waals surface area contributed by atoms with Crippen molar-refractivity contribution in [3.63, 3.8) is 0 Å². The Morgan fingerprint density at radius 2 is 1.61 bits per heavy atom. The van der Waals surface area contributed by atoms with E-state index in [1.54, 1.807) is 25.1 Å². The lowest BCUT2D eigenvalue weighted by molar-refractivity contribution is -0.123. The van der Waals surface area contributed by atoms with Crippen molar-refractivity contribution < 1.29 is 14.3 Å². The summed E-state index contributed by atoms with van der Waals surface area (Å²) >= 11 is 0. The van der Waals surface area contributed by atoms with Crippen molar-refractivity contribution in [1.29, 1.82) is 0 Å². The number of aromatic nitrogens is 2. The van der Waals surface area contributed by atoms with Gasteiger partial charge in [0, 0.05) is 16.6 Å². The SMILES string of the molecule is CC(OC(=O)c1ccccc1-c1nc2ccccc2[nH]1)C(=O)Nc1cccc2ccccc12. The van der Waals surface area contributed by atoms with Gasteiger partial charge in [-0.15, -0.1) is 0 Å². The zero-order valence-corrected chi connectivity index (χ0v) is 17.9. The molecule has 5 aromatic rings. The molecule has 1 amide bonds. The predicted octanol–water partition coefficient (Wildman–Crippen LogP) is 5.57. The van der Waals surface area contributed by atoms with Gasteiger partial charge in [0.25, 0.3) is 5.91 Å². The Balaban J connectivity index is 1.36. The number of carbonyl (C=O) groups excluding carboxylic acids is 2. The first-order chi connectivity index (χ1) is 16.1. The molecular formula is C27H21N3O3. The predicted molar refractivity (Wildman–Crippen MR) is 129 cm³/mol. The first kappa shape index (κ1) is 20.5. The highest BCUT2D eigenvalue weighted by Crippen LogP contribution is 2.26. The van der Waals surface area contributed by atoms with E-state index in [1.807, 2.05) is 72.8 Å². The van der Waals surface area contributed by atoms with E-state index in [0.717, 1.165) is 21.8 Å². The van der Waals surface area contributed by atoms with Crippen LogP contribution in [0.1, 0.15) is 17.3 Å². The van der Waals surface area contributed by atoms with Crippen LogP contribution in [-0.2, 0) is 9.53 Å². The zero-order chi connectivity index (χ0) is 22.8. The van der Waals surface area contributed by atoms with Crippen LogP contribution in [0.5, 0.6) is 0 Å². The highest BCUT2D eigenvalue weighted by atomic mass is 16.5. The molecule has 162 valence electrons. The van der Waals surface area contributed by atoms with E-state index in [0.29, 0.717) is 22.6 Å². The number of hydrogen-bond acceptors (Lipinski definition) is 4. The molecule has 1 aromatic heterocycles. The van der Waals surface area contributed by atoms with E-state index in [-0.39, 0.29) is 0 Å². The number of hydrogen-bond donors (Lipinski definition) is 2. The van der Waals surface area contributed by atoms with Gasteiger partial charge in [0.15, 0.2) is 6.10 Å². The number of anilines is 1. The standard InChI is InChI=1S/C27H21N3O3/c1-17(26(31)30-22-16-8-10-18-9-2-3-11-19(18)22)33-27(32)21-13-5-4-12-20(21)25-28-23-14-6-7-15-24(23)29-25/h2-17H,1H3,(H,28,29)(H,30,31). The van der Waals surface area contributed by atoms with Gasteiger partial charge in [0.1, 0.15) is 5.82 Å². The van der Waals surface area contributed by atoms with Gasteiger partial charge in [0.2, 0.25) is 0 Å². The maximum Gasteiger partial charge on any atom is 0.339 e. The molecule has 0 bridgehead atoms. The number of aromatic amines is 1.